The molecule has 0 aliphatic heterocycles. The third-order valence-corrected chi connectivity index (χ3v) is 1.61. The van der Waals surface area contributed by atoms with Crippen molar-refractivity contribution in [2.24, 2.45) is 0 Å². The normalized spacial score (nSPS) is 10.3. The molecule has 15 heavy (non-hydrogen) atoms. The standard InChI is InChI=1S/C7H5F2N3O3/c8-7(9)6-3(2-13)11-5(10)1-4(6)12(14)15/h1-2,7H,(H2,10,11). The number of alkyl halides is 2. The summed E-state index contributed by atoms with van der Waals surface area (Å²) in [6.45, 7) is 0. The molecule has 1 aromatic heterocycles. The Bertz CT molecular complexity index is 422. The van der Waals surface area contributed by atoms with Gasteiger partial charge in [0.15, 0.2) is 6.29 Å². The highest BCUT2D eigenvalue weighted by Gasteiger charge is 2.27. The number of rotatable bonds is 3. The highest BCUT2D eigenvalue weighted by atomic mass is 19.3. The maximum absolute atomic E-state index is 12.4. The summed E-state index contributed by atoms with van der Waals surface area (Å²) in [6, 6.07) is 0.689. The molecule has 0 aromatic carbocycles. The molecule has 1 aromatic rings. The number of hydrogen-bond donors (Lipinski definition) is 1. The summed E-state index contributed by atoms with van der Waals surface area (Å²) < 4.78 is 24.8. The van der Waals surface area contributed by atoms with Crippen LogP contribution in [0.1, 0.15) is 22.5 Å². The summed E-state index contributed by atoms with van der Waals surface area (Å²) in [7, 11) is 0. The predicted octanol–water partition coefficient (Wildman–Crippen LogP) is 1.32. The van der Waals surface area contributed by atoms with E-state index in [1.165, 1.54) is 0 Å². The number of aromatic nitrogens is 1. The van der Waals surface area contributed by atoms with Gasteiger partial charge in [-0.3, -0.25) is 14.9 Å². The Morgan fingerprint density at radius 1 is 1.60 bits per heavy atom. The molecule has 0 saturated heterocycles. The molecule has 0 aliphatic rings. The van der Waals surface area contributed by atoms with Crippen molar-refractivity contribution in [3.8, 4) is 0 Å². The van der Waals surface area contributed by atoms with E-state index in [1.54, 1.807) is 0 Å². The number of anilines is 1. The molecule has 0 unspecified atom stereocenters. The molecule has 0 radical (unpaired) electrons. The number of nitrogens with two attached hydrogens (primary N) is 1. The average Bonchev–Trinajstić information content (AvgIpc) is 2.15. The molecule has 0 amide bonds. The molecule has 0 spiro atoms. The Hall–Kier alpha value is -2.12. The van der Waals surface area contributed by atoms with Crippen LogP contribution in [0, 0.1) is 10.1 Å². The van der Waals surface area contributed by atoms with Crippen LogP contribution in [0.15, 0.2) is 6.07 Å². The number of carbonyl (C=O) groups is 1. The summed E-state index contributed by atoms with van der Waals surface area (Å²) >= 11 is 0. The molecule has 8 heteroatoms. The van der Waals surface area contributed by atoms with Crippen molar-refractivity contribution < 1.29 is 18.5 Å². The predicted molar refractivity (Wildman–Crippen MR) is 45.6 cm³/mol. The summed E-state index contributed by atoms with van der Waals surface area (Å²) in [5, 5.41) is 10.4. The van der Waals surface area contributed by atoms with Crippen LogP contribution in [0.3, 0.4) is 0 Å². The van der Waals surface area contributed by atoms with Crippen molar-refractivity contribution in [2.75, 3.05) is 5.73 Å². The van der Waals surface area contributed by atoms with Crippen LogP contribution < -0.4 is 5.73 Å². The van der Waals surface area contributed by atoms with Gasteiger partial charge >= 0.3 is 0 Å². The number of aldehydes is 1. The smallest absolute Gasteiger partial charge is 0.284 e. The fourth-order valence-corrected chi connectivity index (χ4v) is 1.05. The fourth-order valence-electron chi connectivity index (χ4n) is 1.05. The minimum Gasteiger partial charge on any atom is -0.383 e. The molecule has 1 heterocycles. The first-order chi connectivity index (χ1) is 6.97. The molecule has 0 aliphatic carbocycles. The molecule has 2 N–H and O–H groups in total. The van der Waals surface area contributed by atoms with Gasteiger partial charge in [0.2, 0.25) is 0 Å². The quantitative estimate of drug-likeness (QED) is 0.467. The van der Waals surface area contributed by atoms with Crippen LogP contribution in [0.4, 0.5) is 20.3 Å². The third kappa shape index (κ3) is 2.03. The van der Waals surface area contributed by atoms with E-state index < -0.39 is 28.3 Å². The SMILES string of the molecule is Nc1cc([N+](=O)[O-])c(C(F)F)c(C=O)n1. The molecule has 80 valence electrons. The molecule has 0 bridgehead atoms. The minimum atomic E-state index is -3.15. The Labute approximate surface area is 81.9 Å². The second-order valence-electron chi connectivity index (χ2n) is 2.54. The van der Waals surface area contributed by atoms with Gasteiger partial charge in [-0.05, 0) is 0 Å². The highest BCUT2D eigenvalue weighted by Crippen LogP contribution is 2.31. The van der Waals surface area contributed by atoms with E-state index in [0.29, 0.717) is 6.07 Å². The Morgan fingerprint density at radius 3 is 2.60 bits per heavy atom. The van der Waals surface area contributed by atoms with Gasteiger partial charge in [-0.2, -0.15) is 0 Å². The maximum Gasteiger partial charge on any atom is 0.284 e. The molecular formula is C7H5F2N3O3. The van der Waals surface area contributed by atoms with Gasteiger partial charge in [-0.25, -0.2) is 13.8 Å². The zero-order chi connectivity index (χ0) is 11.6. The summed E-state index contributed by atoms with van der Waals surface area (Å²) in [5.74, 6) is -0.354. The van der Waals surface area contributed by atoms with E-state index in [9.17, 15) is 23.7 Å². The van der Waals surface area contributed by atoms with Gasteiger partial charge in [0.1, 0.15) is 17.1 Å². The van der Waals surface area contributed by atoms with E-state index in [-0.39, 0.29) is 12.1 Å². The van der Waals surface area contributed by atoms with Crippen molar-refractivity contribution in [1.29, 1.82) is 0 Å². The lowest BCUT2D eigenvalue weighted by Gasteiger charge is -2.04. The van der Waals surface area contributed by atoms with Gasteiger partial charge in [0, 0.05) is 0 Å². The monoisotopic (exact) mass is 217 g/mol. The summed E-state index contributed by atoms with van der Waals surface area (Å²) in [6.07, 6.45) is -3.15. The molecule has 0 fully saturated rings. The molecule has 6 nitrogen and oxygen atoms in total. The topological polar surface area (TPSA) is 99.1 Å². The molecule has 0 saturated carbocycles. The number of nitro groups is 1. The number of carbonyl (C=O) groups excluding carboxylic acids is 1. The summed E-state index contributed by atoms with van der Waals surface area (Å²) in [5.41, 5.74) is 2.50. The van der Waals surface area contributed by atoms with Crippen LogP contribution in [0.2, 0.25) is 0 Å². The zero-order valence-corrected chi connectivity index (χ0v) is 7.18. The Kier molecular flexibility index (Phi) is 2.88. The van der Waals surface area contributed by atoms with Gasteiger partial charge in [-0.1, -0.05) is 0 Å². The van der Waals surface area contributed by atoms with E-state index in [0.717, 1.165) is 0 Å². The van der Waals surface area contributed by atoms with Gasteiger partial charge in [0.25, 0.3) is 12.1 Å². The molecule has 0 atom stereocenters. The molecule has 1 rings (SSSR count). The van der Waals surface area contributed by atoms with Gasteiger partial charge in [-0.15, -0.1) is 0 Å². The van der Waals surface area contributed by atoms with Crippen molar-refractivity contribution in [2.45, 2.75) is 6.43 Å². The van der Waals surface area contributed by atoms with Crippen molar-refractivity contribution in [3.05, 3.63) is 27.4 Å². The fraction of sp³-hybridized carbons (Fsp3) is 0.143. The summed E-state index contributed by atoms with van der Waals surface area (Å²) in [4.78, 5) is 23.1. The van der Waals surface area contributed by atoms with Crippen LogP contribution in [0.25, 0.3) is 0 Å². The lowest BCUT2D eigenvalue weighted by Crippen LogP contribution is -2.05. The van der Waals surface area contributed by atoms with Crippen LogP contribution in [0.5, 0.6) is 0 Å². The second-order valence-corrected chi connectivity index (χ2v) is 2.54. The number of hydrogen-bond acceptors (Lipinski definition) is 5. The van der Waals surface area contributed by atoms with Gasteiger partial charge in [0.05, 0.1) is 11.0 Å². The van der Waals surface area contributed by atoms with E-state index >= 15 is 0 Å². The first-order valence-electron chi connectivity index (χ1n) is 3.65. The second kappa shape index (κ2) is 3.95. The average molecular weight is 217 g/mol. The van der Waals surface area contributed by atoms with E-state index in [2.05, 4.69) is 4.98 Å². The number of nitrogens with zero attached hydrogens (tertiary/aromatic N) is 2. The zero-order valence-electron chi connectivity index (χ0n) is 7.18. The lowest BCUT2D eigenvalue weighted by molar-refractivity contribution is -0.386. The van der Waals surface area contributed by atoms with Crippen molar-refractivity contribution in [1.82, 2.24) is 4.98 Å². The van der Waals surface area contributed by atoms with Gasteiger partial charge < -0.3 is 5.73 Å². The molecular weight excluding hydrogens is 212 g/mol. The third-order valence-electron chi connectivity index (χ3n) is 1.61. The number of nitrogen functional groups attached to an aromatic ring is 1. The first-order valence-corrected chi connectivity index (χ1v) is 3.65. The largest absolute Gasteiger partial charge is 0.383 e. The highest BCUT2D eigenvalue weighted by molar-refractivity contribution is 5.78. The van der Waals surface area contributed by atoms with E-state index in [1.807, 2.05) is 0 Å². The van der Waals surface area contributed by atoms with Crippen molar-refractivity contribution >= 4 is 17.8 Å². The Balaban J connectivity index is 3.54. The number of pyridine rings is 1. The van der Waals surface area contributed by atoms with Crippen LogP contribution in [-0.4, -0.2) is 16.2 Å². The van der Waals surface area contributed by atoms with E-state index in [4.69, 9.17) is 5.73 Å². The lowest BCUT2D eigenvalue weighted by atomic mass is 10.1. The Morgan fingerprint density at radius 2 is 2.20 bits per heavy atom. The first kappa shape index (κ1) is 11.0. The minimum absolute atomic E-state index is 0.00481. The van der Waals surface area contributed by atoms with Crippen LogP contribution >= 0.6 is 0 Å². The van der Waals surface area contributed by atoms with Crippen molar-refractivity contribution in [3.63, 3.8) is 0 Å². The maximum atomic E-state index is 12.4. The number of halogens is 2. The van der Waals surface area contributed by atoms with Crippen LogP contribution in [-0.2, 0) is 0 Å².